The molecule has 0 aromatic heterocycles. The van der Waals surface area contributed by atoms with Gasteiger partial charge in [-0.05, 0) is 51.6 Å². The molecule has 0 aliphatic heterocycles. The first-order valence-electron chi connectivity index (χ1n) is 9.25. The monoisotopic (exact) mass is 303 g/mol. The van der Waals surface area contributed by atoms with Crippen LogP contribution in [-0.2, 0) is 0 Å². The van der Waals surface area contributed by atoms with E-state index in [0.717, 1.165) is 32.2 Å². The van der Waals surface area contributed by atoms with Gasteiger partial charge in [-0.2, -0.15) is 0 Å². The topological polar surface area (TPSA) is 12.0 Å². The Morgan fingerprint density at radius 1 is 0.591 bits per heavy atom. The summed E-state index contributed by atoms with van der Waals surface area (Å²) < 4.78 is 0. The molecule has 0 atom stereocenters. The molecule has 22 heavy (non-hydrogen) atoms. The Labute approximate surface area is 139 Å². The van der Waals surface area contributed by atoms with Crippen LogP contribution in [0.3, 0.4) is 0 Å². The molecule has 0 spiro atoms. The van der Waals surface area contributed by atoms with Gasteiger partial charge in [0, 0.05) is 0 Å². The minimum Gasteiger partial charge on any atom is -0.317 e. The summed E-state index contributed by atoms with van der Waals surface area (Å²) in [5.74, 6) is 0. The van der Waals surface area contributed by atoms with Crippen molar-refractivity contribution in [2.24, 2.45) is 0 Å². The molecule has 0 bridgehead atoms. The van der Waals surface area contributed by atoms with E-state index in [0.29, 0.717) is 0 Å². The summed E-state index contributed by atoms with van der Waals surface area (Å²) in [5.41, 5.74) is 0. The average molecular weight is 304 g/mol. The number of hydrogen-bond donors (Lipinski definition) is 1. The Morgan fingerprint density at radius 3 is 2.00 bits per heavy atom. The van der Waals surface area contributed by atoms with Crippen LogP contribution in [0.4, 0.5) is 0 Å². The number of nitrogens with one attached hydrogen (secondary N) is 1. The van der Waals surface area contributed by atoms with Crippen LogP contribution in [0.1, 0.15) is 71.6 Å². The van der Waals surface area contributed by atoms with E-state index in [1.54, 1.807) is 0 Å². The lowest BCUT2D eigenvalue weighted by Gasteiger charge is -2.02. The molecular weight excluding hydrogens is 266 g/mol. The Hall–Kier alpha value is -1.08. The van der Waals surface area contributed by atoms with Crippen molar-refractivity contribution in [2.45, 2.75) is 71.6 Å². The van der Waals surface area contributed by atoms with Gasteiger partial charge in [-0.1, -0.05) is 81.7 Å². The third-order valence-corrected chi connectivity index (χ3v) is 3.44. The lowest BCUT2D eigenvalue weighted by atomic mass is 10.2. The predicted octanol–water partition coefficient (Wildman–Crippen LogP) is 6.35. The van der Waals surface area contributed by atoms with Gasteiger partial charge in [0.1, 0.15) is 0 Å². The second kappa shape index (κ2) is 19.9. The lowest BCUT2D eigenvalue weighted by Crippen LogP contribution is -2.16. The molecule has 0 aromatic rings. The molecule has 0 fully saturated rings. The molecule has 1 nitrogen and oxygen atoms in total. The van der Waals surface area contributed by atoms with Crippen LogP contribution in [0.15, 0.2) is 48.6 Å². The van der Waals surface area contributed by atoms with Crippen LogP contribution in [0.25, 0.3) is 0 Å². The van der Waals surface area contributed by atoms with Crippen LogP contribution >= 0.6 is 0 Å². The molecule has 0 aliphatic rings. The molecule has 0 amide bonds. The summed E-state index contributed by atoms with van der Waals surface area (Å²) >= 11 is 0. The first-order chi connectivity index (χ1) is 10.9. The maximum Gasteiger partial charge on any atom is -0.00460 e. The average Bonchev–Trinajstić information content (AvgIpc) is 2.54. The van der Waals surface area contributed by atoms with Gasteiger partial charge in [-0.3, -0.25) is 0 Å². The van der Waals surface area contributed by atoms with E-state index in [-0.39, 0.29) is 0 Å². The van der Waals surface area contributed by atoms with Crippen molar-refractivity contribution in [1.29, 1.82) is 0 Å². The summed E-state index contributed by atoms with van der Waals surface area (Å²) in [7, 11) is 0. The maximum atomic E-state index is 3.52. The number of unbranched alkanes of at least 4 members (excludes halogenated alkanes) is 5. The molecule has 0 radical (unpaired) electrons. The van der Waals surface area contributed by atoms with Crippen LogP contribution in [-0.4, -0.2) is 13.1 Å². The molecule has 0 aromatic carbocycles. The second-order valence-electron chi connectivity index (χ2n) is 5.65. The second-order valence-corrected chi connectivity index (χ2v) is 5.65. The zero-order valence-electron chi connectivity index (χ0n) is 14.9. The van der Waals surface area contributed by atoms with Crippen LogP contribution < -0.4 is 5.32 Å². The molecule has 0 saturated heterocycles. The van der Waals surface area contributed by atoms with E-state index in [9.17, 15) is 0 Å². The van der Waals surface area contributed by atoms with Gasteiger partial charge in [-0.15, -0.1) is 0 Å². The van der Waals surface area contributed by atoms with Gasteiger partial charge < -0.3 is 5.32 Å². The Kier molecular flexibility index (Phi) is 18.9. The summed E-state index contributed by atoms with van der Waals surface area (Å²) in [5, 5.41) is 3.52. The van der Waals surface area contributed by atoms with Crippen molar-refractivity contribution in [2.75, 3.05) is 13.1 Å². The van der Waals surface area contributed by atoms with Gasteiger partial charge in [-0.25, -0.2) is 0 Å². The van der Waals surface area contributed by atoms with Gasteiger partial charge in [0.05, 0.1) is 0 Å². The fourth-order valence-corrected chi connectivity index (χ4v) is 2.10. The number of allylic oxidation sites excluding steroid dienone is 8. The lowest BCUT2D eigenvalue weighted by molar-refractivity contribution is 0.587. The van der Waals surface area contributed by atoms with Gasteiger partial charge >= 0.3 is 0 Å². The molecule has 0 saturated carbocycles. The fourth-order valence-electron chi connectivity index (χ4n) is 2.10. The van der Waals surface area contributed by atoms with Crippen LogP contribution in [0.5, 0.6) is 0 Å². The zero-order chi connectivity index (χ0) is 16.1. The highest BCUT2D eigenvalue weighted by Crippen LogP contribution is 1.97. The van der Waals surface area contributed by atoms with E-state index >= 15 is 0 Å². The highest BCUT2D eigenvalue weighted by Gasteiger charge is 1.88. The summed E-state index contributed by atoms with van der Waals surface area (Å²) in [6, 6.07) is 0. The van der Waals surface area contributed by atoms with Crippen molar-refractivity contribution in [3.05, 3.63) is 48.6 Å². The first kappa shape index (κ1) is 20.9. The first-order valence-corrected chi connectivity index (χ1v) is 9.25. The van der Waals surface area contributed by atoms with E-state index in [2.05, 4.69) is 67.8 Å². The molecular formula is C21H37N. The Balaban J connectivity index is 3.30. The molecule has 1 N–H and O–H groups in total. The third kappa shape index (κ3) is 18.9. The quantitative estimate of drug-likeness (QED) is 0.211. The zero-order valence-corrected chi connectivity index (χ0v) is 14.9. The maximum absolute atomic E-state index is 3.52. The Morgan fingerprint density at radius 2 is 1.27 bits per heavy atom. The highest BCUT2D eigenvalue weighted by molar-refractivity contribution is 5.11. The summed E-state index contributed by atoms with van der Waals surface area (Å²) in [4.78, 5) is 0. The summed E-state index contributed by atoms with van der Waals surface area (Å²) in [6.45, 7) is 6.76. The summed E-state index contributed by atoms with van der Waals surface area (Å²) in [6.07, 6.45) is 28.7. The molecule has 0 heterocycles. The van der Waals surface area contributed by atoms with Crippen LogP contribution in [0, 0.1) is 0 Å². The normalized spacial score (nSPS) is 12.6. The van der Waals surface area contributed by atoms with Gasteiger partial charge in [0.2, 0.25) is 0 Å². The molecule has 126 valence electrons. The largest absolute Gasteiger partial charge is 0.317 e. The minimum absolute atomic E-state index is 1.13. The van der Waals surface area contributed by atoms with Gasteiger partial charge in [0.25, 0.3) is 0 Å². The highest BCUT2D eigenvalue weighted by atomic mass is 14.8. The van der Waals surface area contributed by atoms with Crippen molar-refractivity contribution in [3.8, 4) is 0 Å². The SMILES string of the molecule is CC/C=C\CC/C=C/C=C\C=C\CCCNCCCCCC. The van der Waals surface area contributed by atoms with E-state index in [1.807, 2.05) is 0 Å². The van der Waals surface area contributed by atoms with Crippen molar-refractivity contribution in [3.63, 3.8) is 0 Å². The molecule has 0 rings (SSSR count). The molecule has 1 heteroatoms. The van der Waals surface area contributed by atoms with Crippen LogP contribution in [0.2, 0.25) is 0 Å². The van der Waals surface area contributed by atoms with E-state index in [4.69, 9.17) is 0 Å². The Bertz CT molecular complexity index is 310. The van der Waals surface area contributed by atoms with E-state index in [1.165, 1.54) is 38.6 Å². The van der Waals surface area contributed by atoms with Gasteiger partial charge in [0.15, 0.2) is 0 Å². The molecule has 0 aliphatic carbocycles. The van der Waals surface area contributed by atoms with Crippen molar-refractivity contribution >= 4 is 0 Å². The van der Waals surface area contributed by atoms with Crippen molar-refractivity contribution in [1.82, 2.24) is 5.32 Å². The number of hydrogen-bond acceptors (Lipinski definition) is 1. The minimum atomic E-state index is 1.13. The molecule has 0 unspecified atom stereocenters. The smallest absolute Gasteiger partial charge is 0.00460 e. The fraction of sp³-hybridized carbons (Fsp3) is 0.619. The standard InChI is InChI=1S/C21H37N/c1-3-5-7-9-10-11-12-13-14-15-16-17-19-21-22-20-18-8-6-4-2/h5,7,11-16,22H,3-4,6,8-10,17-21H2,1-2H3/b7-5-,12-11+,14-13-,16-15+. The third-order valence-electron chi connectivity index (χ3n) is 3.44. The van der Waals surface area contributed by atoms with Crippen molar-refractivity contribution < 1.29 is 0 Å². The predicted molar refractivity (Wildman–Crippen MR) is 102 cm³/mol. The number of rotatable bonds is 15. The van der Waals surface area contributed by atoms with E-state index < -0.39 is 0 Å².